The molecule has 5 rings (SSSR count). The van der Waals surface area contributed by atoms with E-state index in [2.05, 4.69) is 4.98 Å². The Morgan fingerprint density at radius 1 is 0.929 bits per heavy atom. The van der Waals surface area contributed by atoms with Gasteiger partial charge in [0.25, 0.3) is 0 Å². The van der Waals surface area contributed by atoms with Gasteiger partial charge in [-0.25, -0.2) is 4.98 Å². The summed E-state index contributed by atoms with van der Waals surface area (Å²) in [6.45, 7) is 3.70. The first-order valence-corrected chi connectivity index (χ1v) is 9.71. The van der Waals surface area contributed by atoms with Gasteiger partial charge in [0.2, 0.25) is 5.71 Å². The Morgan fingerprint density at radius 3 is 2.18 bits per heavy atom. The van der Waals surface area contributed by atoms with Crippen LogP contribution >= 0.6 is 11.3 Å². The zero-order valence-electron chi connectivity index (χ0n) is 15.3. The van der Waals surface area contributed by atoms with Crippen molar-refractivity contribution in [3.63, 3.8) is 0 Å². The van der Waals surface area contributed by atoms with Gasteiger partial charge in [-0.3, -0.25) is 9.59 Å². The van der Waals surface area contributed by atoms with Crippen molar-refractivity contribution < 1.29 is 14.0 Å². The molecule has 0 saturated carbocycles. The molecular formula is C23H15NO3S. The summed E-state index contributed by atoms with van der Waals surface area (Å²) in [5.41, 5.74) is 4.34. The van der Waals surface area contributed by atoms with Crippen LogP contribution in [0.15, 0.2) is 58.5 Å². The Labute approximate surface area is 165 Å². The Hall–Kier alpha value is -3.31. The fourth-order valence-electron chi connectivity index (χ4n) is 3.57. The van der Waals surface area contributed by atoms with Crippen molar-refractivity contribution >= 4 is 39.4 Å². The van der Waals surface area contributed by atoms with Gasteiger partial charge in [0, 0.05) is 22.8 Å². The molecule has 0 amide bonds. The van der Waals surface area contributed by atoms with Gasteiger partial charge in [0.15, 0.2) is 11.6 Å². The zero-order chi connectivity index (χ0) is 19.4. The van der Waals surface area contributed by atoms with E-state index < -0.39 is 0 Å². The molecule has 28 heavy (non-hydrogen) atoms. The molecule has 0 spiro atoms. The molecule has 2 aromatic heterocycles. The fourth-order valence-corrected chi connectivity index (χ4v) is 4.51. The van der Waals surface area contributed by atoms with Crippen LogP contribution in [0.5, 0.6) is 0 Å². The minimum atomic E-state index is -0.237. The normalized spacial score (nSPS) is 13.4. The van der Waals surface area contributed by atoms with E-state index in [1.165, 1.54) is 11.3 Å². The monoisotopic (exact) mass is 385 g/mol. The number of thiazole rings is 1. The highest BCUT2D eigenvalue weighted by Gasteiger charge is 2.35. The van der Waals surface area contributed by atoms with Crippen LogP contribution in [0.25, 0.3) is 27.1 Å². The largest absolute Gasteiger partial charge is 0.437 e. The number of hydrogen-bond acceptors (Lipinski definition) is 5. The predicted octanol–water partition coefficient (Wildman–Crippen LogP) is 5.64. The molecule has 0 atom stereocenters. The number of hydrogen-bond donors (Lipinski definition) is 0. The highest BCUT2D eigenvalue weighted by Crippen LogP contribution is 2.35. The highest BCUT2D eigenvalue weighted by molar-refractivity contribution is 7.21. The van der Waals surface area contributed by atoms with Crippen LogP contribution in [0, 0.1) is 13.8 Å². The molecule has 0 bridgehead atoms. The number of rotatable bonds is 2. The summed E-state index contributed by atoms with van der Waals surface area (Å²) in [5, 5.41) is 0.875. The number of fused-ring (bicyclic) bond motifs is 2. The summed E-state index contributed by atoms with van der Waals surface area (Å²) in [6.07, 6.45) is 1.54. The van der Waals surface area contributed by atoms with Crippen LogP contribution in [0.1, 0.15) is 37.6 Å². The number of benzene rings is 2. The molecule has 5 heteroatoms. The lowest BCUT2D eigenvalue weighted by molar-refractivity contribution is 0.0990. The summed E-state index contributed by atoms with van der Waals surface area (Å²) in [4.78, 5) is 30.2. The maximum Gasteiger partial charge on any atom is 0.238 e. The first-order valence-electron chi connectivity index (χ1n) is 8.90. The van der Waals surface area contributed by atoms with E-state index in [9.17, 15) is 9.59 Å². The van der Waals surface area contributed by atoms with E-state index in [-0.39, 0.29) is 17.1 Å². The molecule has 0 N–H and O–H groups in total. The average Bonchev–Trinajstić information content (AvgIpc) is 3.32. The lowest BCUT2D eigenvalue weighted by atomic mass is 9.99. The Bertz CT molecular complexity index is 1230. The van der Waals surface area contributed by atoms with Crippen molar-refractivity contribution in [1.82, 2.24) is 4.98 Å². The Kier molecular flexibility index (Phi) is 3.67. The average molecular weight is 385 g/mol. The van der Waals surface area contributed by atoms with E-state index in [0.717, 1.165) is 26.4 Å². The molecule has 0 fully saturated rings. The molecule has 2 aromatic carbocycles. The number of Topliss-reactive ketones (excluding diaryl/α,β-unsaturated/α-hetero) is 2. The number of carbonyl (C=O) groups is 2. The predicted molar refractivity (Wildman–Crippen MR) is 110 cm³/mol. The van der Waals surface area contributed by atoms with E-state index in [4.69, 9.17) is 4.42 Å². The van der Waals surface area contributed by atoms with Gasteiger partial charge in [-0.15, -0.1) is 11.3 Å². The third-order valence-corrected chi connectivity index (χ3v) is 6.01. The minimum Gasteiger partial charge on any atom is -0.437 e. The second kappa shape index (κ2) is 6.11. The number of furan rings is 1. The van der Waals surface area contributed by atoms with Gasteiger partial charge in [-0.1, -0.05) is 42.5 Å². The van der Waals surface area contributed by atoms with Crippen molar-refractivity contribution in [2.45, 2.75) is 13.8 Å². The highest BCUT2D eigenvalue weighted by atomic mass is 32.1. The molecule has 4 nitrogen and oxygen atoms in total. The van der Waals surface area contributed by atoms with Crippen LogP contribution < -0.4 is 0 Å². The first kappa shape index (κ1) is 16.8. The third-order valence-electron chi connectivity index (χ3n) is 4.98. The van der Waals surface area contributed by atoms with Crippen LogP contribution in [0.4, 0.5) is 0 Å². The summed E-state index contributed by atoms with van der Waals surface area (Å²) < 4.78 is 6.69. The SMILES string of the molecule is Cc1ccc(C)c2c1C(=O)C(=Cc1cc3sc(-c4ccccc4)nc3o1)C2=O. The summed E-state index contributed by atoms with van der Waals surface area (Å²) in [6, 6.07) is 15.5. The van der Waals surface area contributed by atoms with Gasteiger partial charge >= 0.3 is 0 Å². The lowest BCUT2D eigenvalue weighted by Gasteiger charge is -2.03. The molecule has 0 saturated heterocycles. The standard InChI is InChI=1S/C23H15NO3S/c1-12-8-9-13(2)19-18(12)20(25)16(21(19)26)10-15-11-17-22(27-15)24-23(28-17)14-6-4-3-5-7-14/h3-11H,1-2H3. The first-order chi connectivity index (χ1) is 13.5. The van der Waals surface area contributed by atoms with Crippen LogP contribution in [-0.2, 0) is 0 Å². The molecule has 2 heterocycles. The molecule has 136 valence electrons. The molecule has 1 aliphatic carbocycles. The maximum absolute atomic E-state index is 12.8. The lowest BCUT2D eigenvalue weighted by Crippen LogP contribution is -2.00. The van der Waals surface area contributed by atoms with Gasteiger partial charge in [-0.2, -0.15) is 0 Å². The number of ketones is 2. The van der Waals surface area contributed by atoms with E-state index in [1.54, 1.807) is 6.08 Å². The van der Waals surface area contributed by atoms with Gasteiger partial charge in [0.1, 0.15) is 10.8 Å². The van der Waals surface area contributed by atoms with Crippen molar-refractivity contribution in [2.75, 3.05) is 0 Å². The number of carbonyl (C=O) groups excluding carboxylic acids is 2. The number of nitrogens with zero attached hydrogens (tertiary/aromatic N) is 1. The fraction of sp³-hybridized carbons (Fsp3) is 0.0870. The van der Waals surface area contributed by atoms with E-state index in [0.29, 0.717) is 22.6 Å². The van der Waals surface area contributed by atoms with Gasteiger partial charge in [-0.05, 0) is 31.1 Å². The van der Waals surface area contributed by atoms with E-state index in [1.807, 2.05) is 62.4 Å². The molecular weight excluding hydrogens is 370 g/mol. The summed E-state index contributed by atoms with van der Waals surface area (Å²) >= 11 is 1.52. The Morgan fingerprint density at radius 2 is 1.57 bits per heavy atom. The van der Waals surface area contributed by atoms with Crippen molar-refractivity contribution in [1.29, 1.82) is 0 Å². The Balaban J connectivity index is 1.55. The second-order valence-electron chi connectivity index (χ2n) is 6.87. The molecule has 0 unspecified atom stereocenters. The molecule has 0 aliphatic heterocycles. The molecule has 4 aromatic rings. The van der Waals surface area contributed by atoms with Crippen molar-refractivity contribution in [2.24, 2.45) is 0 Å². The van der Waals surface area contributed by atoms with Gasteiger partial charge in [0.05, 0.1) is 10.3 Å². The summed E-state index contributed by atoms with van der Waals surface area (Å²) in [5.74, 6) is -0.00838. The van der Waals surface area contributed by atoms with Crippen LogP contribution in [0.3, 0.4) is 0 Å². The minimum absolute atomic E-state index is 0.150. The maximum atomic E-state index is 12.8. The summed E-state index contributed by atoms with van der Waals surface area (Å²) in [7, 11) is 0. The van der Waals surface area contributed by atoms with Crippen molar-refractivity contribution in [3.8, 4) is 10.6 Å². The number of aryl methyl sites for hydroxylation is 2. The molecule has 1 aliphatic rings. The third kappa shape index (κ3) is 2.47. The quantitative estimate of drug-likeness (QED) is 0.331. The molecule has 0 radical (unpaired) electrons. The smallest absolute Gasteiger partial charge is 0.238 e. The topological polar surface area (TPSA) is 60.2 Å². The van der Waals surface area contributed by atoms with Crippen LogP contribution in [0.2, 0.25) is 0 Å². The zero-order valence-corrected chi connectivity index (χ0v) is 16.1. The van der Waals surface area contributed by atoms with Crippen molar-refractivity contribution in [3.05, 3.63) is 82.1 Å². The number of allylic oxidation sites excluding steroid dienone is 1. The number of aromatic nitrogens is 1. The second-order valence-corrected chi connectivity index (χ2v) is 7.90. The van der Waals surface area contributed by atoms with E-state index >= 15 is 0 Å². The van der Waals surface area contributed by atoms with Gasteiger partial charge < -0.3 is 4.42 Å². The van der Waals surface area contributed by atoms with Crippen LogP contribution in [-0.4, -0.2) is 16.6 Å².